The average molecular weight is 260 g/mol. The van der Waals surface area contributed by atoms with E-state index in [1.807, 2.05) is 0 Å². The van der Waals surface area contributed by atoms with E-state index in [9.17, 15) is 9.18 Å². The van der Waals surface area contributed by atoms with E-state index in [4.69, 9.17) is 16.7 Å². The summed E-state index contributed by atoms with van der Waals surface area (Å²) in [5.74, 6) is -0.534. The number of halogens is 2. The van der Waals surface area contributed by atoms with Crippen molar-refractivity contribution in [3.63, 3.8) is 0 Å². The van der Waals surface area contributed by atoms with Crippen LogP contribution >= 0.6 is 11.6 Å². The predicted molar refractivity (Wildman–Crippen MR) is 64.5 cm³/mol. The Labute approximate surface area is 105 Å². The van der Waals surface area contributed by atoms with Crippen LogP contribution in [0.3, 0.4) is 0 Å². The summed E-state index contributed by atoms with van der Waals surface area (Å²) in [6.07, 6.45) is 0.442. The van der Waals surface area contributed by atoms with Gasteiger partial charge in [0.05, 0.1) is 6.61 Å². The Morgan fingerprint density at radius 3 is 2.82 bits per heavy atom. The number of benzene rings is 1. The number of nitrogens with zero attached hydrogens (tertiary/aromatic N) is 1. The molecule has 0 aromatic heterocycles. The molecule has 1 N–H and O–H groups in total. The quantitative estimate of drug-likeness (QED) is 0.877. The molecule has 0 radical (unpaired) electrons. The van der Waals surface area contributed by atoms with Crippen LogP contribution in [0.4, 0.5) is 4.39 Å². The fraction of sp³-hybridized carbons (Fsp3) is 0.417. The maximum atomic E-state index is 13.4. The third-order valence-corrected chi connectivity index (χ3v) is 2.87. The molecule has 0 atom stereocenters. The van der Waals surface area contributed by atoms with Crippen LogP contribution in [0, 0.1) is 5.82 Å². The Bertz CT molecular complexity index is 378. The van der Waals surface area contributed by atoms with Gasteiger partial charge in [0.2, 0.25) is 5.91 Å². The van der Waals surface area contributed by atoms with E-state index in [2.05, 4.69) is 0 Å². The summed E-state index contributed by atoms with van der Waals surface area (Å²) in [6, 6.07) is 4.45. The van der Waals surface area contributed by atoms with Crippen LogP contribution in [0.5, 0.6) is 0 Å². The minimum atomic E-state index is -0.393. The summed E-state index contributed by atoms with van der Waals surface area (Å²) < 4.78 is 13.4. The molecule has 0 aliphatic rings. The van der Waals surface area contributed by atoms with Crippen molar-refractivity contribution in [3.8, 4) is 0 Å². The second kappa shape index (κ2) is 6.57. The molecule has 0 saturated carbocycles. The molecule has 1 aromatic rings. The van der Waals surface area contributed by atoms with E-state index in [1.54, 1.807) is 13.1 Å². The second-order valence-electron chi connectivity index (χ2n) is 3.74. The van der Waals surface area contributed by atoms with Crippen molar-refractivity contribution in [3.05, 3.63) is 34.6 Å². The summed E-state index contributed by atoms with van der Waals surface area (Å²) in [5.41, 5.74) is 0.361. The van der Waals surface area contributed by atoms with Crippen LogP contribution in [0.1, 0.15) is 12.0 Å². The molecule has 3 nitrogen and oxygen atoms in total. The van der Waals surface area contributed by atoms with Crippen LogP contribution in [-0.4, -0.2) is 36.1 Å². The van der Waals surface area contributed by atoms with Gasteiger partial charge in [0.1, 0.15) is 5.82 Å². The van der Waals surface area contributed by atoms with E-state index in [-0.39, 0.29) is 31.9 Å². The highest BCUT2D eigenvalue weighted by Crippen LogP contribution is 2.20. The molecule has 0 heterocycles. The first-order valence-electron chi connectivity index (χ1n) is 5.34. The maximum Gasteiger partial charge on any atom is 0.222 e. The molecule has 0 saturated heterocycles. The molecule has 0 fully saturated rings. The summed E-state index contributed by atoms with van der Waals surface area (Å²) in [6.45, 7) is 0.201. The van der Waals surface area contributed by atoms with Crippen molar-refractivity contribution in [1.29, 1.82) is 0 Å². The summed E-state index contributed by atoms with van der Waals surface area (Å²) in [4.78, 5) is 13.0. The van der Waals surface area contributed by atoms with Crippen molar-refractivity contribution in [1.82, 2.24) is 4.90 Å². The minimum Gasteiger partial charge on any atom is -0.395 e. The largest absolute Gasteiger partial charge is 0.395 e. The number of hydrogen-bond acceptors (Lipinski definition) is 2. The van der Waals surface area contributed by atoms with Gasteiger partial charge < -0.3 is 10.0 Å². The summed E-state index contributed by atoms with van der Waals surface area (Å²) in [5, 5.41) is 9.02. The molecule has 1 amide bonds. The fourth-order valence-corrected chi connectivity index (χ4v) is 1.73. The Morgan fingerprint density at radius 1 is 1.53 bits per heavy atom. The maximum absolute atomic E-state index is 13.4. The van der Waals surface area contributed by atoms with Crippen molar-refractivity contribution in [2.75, 3.05) is 20.2 Å². The first-order chi connectivity index (χ1) is 8.06. The second-order valence-corrected chi connectivity index (χ2v) is 4.15. The van der Waals surface area contributed by atoms with E-state index < -0.39 is 5.82 Å². The molecule has 0 unspecified atom stereocenters. The smallest absolute Gasteiger partial charge is 0.222 e. The fourth-order valence-electron chi connectivity index (χ4n) is 1.47. The Hall–Kier alpha value is -1.13. The average Bonchev–Trinajstić information content (AvgIpc) is 2.28. The van der Waals surface area contributed by atoms with Gasteiger partial charge in [-0.15, -0.1) is 0 Å². The lowest BCUT2D eigenvalue weighted by molar-refractivity contribution is -0.130. The number of rotatable bonds is 5. The number of aliphatic hydroxyl groups is 1. The van der Waals surface area contributed by atoms with E-state index in [0.717, 1.165) is 0 Å². The zero-order chi connectivity index (χ0) is 12.8. The number of amides is 1. The highest BCUT2D eigenvalue weighted by Gasteiger charge is 2.12. The predicted octanol–water partition coefficient (Wildman–Crippen LogP) is 1.86. The monoisotopic (exact) mass is 259 g/mol. The molecule has 17 heavy (non-hydrogen) atoms. The first-order valence-corrected chi connectivity index (χ1v) is 5.71. The van der Waals surface area contributed by atoms with Gasteiger partial charge in [0, 0.05) is 30.6 Å². The number of hydrogen-bond donors (Lipinski definition) is 1. The lowest BCUT2D eigenvalue weighted by Gasteiger charge is -2.15. The highest BCUT2D eigenvalue weighted by atomic mass is 35.5. The van der Waals surface area contributed by atoms with Gasteiger partial charge in [-0.25, -0.2) is 4.39 Å². The van der Waals surface area contributed by atoms with Crippen molar-refractivity contribution >= 4 is 17.5 Å². The molecule has 0 bridgehead atoms. The normalized spacial score (nSPS) is 10.4. The molecule has 0 spiro atoms. The summed E-state index contributed by atoms with van der Waals surface area (Å²) in [7, 11) is 1.60. The van der Waals surface area contributed by atoms with Crippen molar-refractivity contribution in [2.45, 2.75) is 12.8 Å². The van der Waals surface area contributed by atoms with Gasteiger partial charge in [0.25, 0.3) is 0 Å². The van der Waals surface area contributed by atoms with Crippen molar-refractivity contribution in [2.24, 2.45) is 0 Å². The van der Waals surface area contributed by atoms with E-state index >= 15 is 0 Å². The van der Waals surface area contributed by atoms with Gasteiger partial charge in [-0.05, 0) is 18.6 Å². The van der Waals surface area contributed by atoms with Gasteiger partial charge in [0.15, 0.2) is 0 Å². The standard InChI is InChI=1S/C12H15ClFNO2/c1-15(7-8-16)12(17)6-5-9-10(13)3-2-4-11(9)14/h2-4,16H,5-8H2,1H3. The molecule has 1 aromatic carbocycles. The molecule has 1 rings (SSSR count). The molecular weight excluding hydrogens is 245 g/mol. The number of carbonyl (C=O) groups is 1. The van der Waals surface area contributed by atoms with Crippen LogP contribution in [-0.2, 0) is 11.2 Å². The zero-order valence-corrected chi connectivity index (χ0v) is 10.4. The van der Waals surface area contributed by atoms with Gasteiger partial charge in [-0.2, -0.15) is 0 Å². The van der Waals surface area contributed by atoms with Crippen LogP contribution in [0.2, 0.25) is 5.02 Å². The van der Waals surface area contributed by atoms with E-state index in [0.29, 0.717) is 10.6 Å². The van der Waals surface area contributed by atoms with Gasteiger partial charge in [-0.1, -0.05) is 17.7 Å². The van der Waals surface area contributed by atoms with Crippen LogP contribution in [0.25, 0.3) is 0 Å². The minimum absolute atomic E-state index is 0.0807. The van der Waals surface area contributed by atoms with E-state index in [1.165, 1.54) is 17.0 Å². The SMILES string of the molecule is CN(CCO)C(=O)CCc1c(F)cccc1Cl. The Balaban J connectivity index is 2.59. The third kappa shape index (κ3) is 3.98. The Morgan fingerprint density at radius 2 is 2.24 bits per heavy atom. The number of aliphatic hydroxyl groups excluding tert-OH is 1. The lowest BCUT2D eigenvalue weighted by Crippen LogP contribution is -2.29. The van der Waals surface area contributed by atoms with Crippen LogP contribution in [0.15, 0.2) is 18.2 Å². The lowest BCUT2D eigenvalue weighted by atomic mass is 10.1. The summed E-state index contributed by atoms with van der Waals surface area (Å²) >= 11 is 5.85. The molecule has 0 aliphatic carbocycles. The zero-order valence-electron chi connectivity index (χ0n) is 9.62. The van der Waals surface area contributed by atoms with Crippen molar-refractivity contribution < 1.29 is 14.3 Å². The van der Waals surface area contributed by atoms with Gasteiger partial charge in [-0.3, -0.25) is 4.79 Å². The molecule has 94 valence electrons. The highest BCUT2D eigenvalue weighted by molar-refractivity contribution is 6.31. The molecule has 0 aliphatic heterocycles. The Kier molecular flexibility index (Phi) is 5.38. The number of carbonyl (C=O) groups excluding carboxylic acids is 1. The third-order valence-electron chi connectivity index (χ3n) is 2.51. The number of likely N-dealkylation sites (N-methyl/N-ethyl adjacent to an activating group) is 1. The topological polar surface area (TPSA) is 40.5 Å². The first kappa shape index (κ1) is 13.9. The molecular formula is C12H15ClFNO2. The van der Waals surface area contributed by atoms with Crippen LogP contribution < -0.4 is 0 Å². The van der Waals surface area contributed by atoms with Gasteiger partial charge >= 0.3 is 0 Å². The molecule has 5 heteroatoms.